The van der Waals surface area contributed by atoms with Gasteiger partial charge in [0, 0.05) is 19.3 Å². The molecule has 0 aliphatic carbocycles. The monoisotopic (exact) mass is 382 g/mol. The van der Waals surface area contributed by atoms with Crippen molar-refractivity contribution >= 4 is 11.8 Å². The molecule has 0 radical (unpaired) electrons. The number of benzene rings is 1. The lowest BCUT2D eigenvalue weighted by molar-refractivity contribution is -0.137. The largest absolute Gasteiger partial charge is 0.481 e. The van der Waals surface area contributed by atoms with Crippen molar-refractivity contribution in [2.75, 3.05) is 0 Å². The molecule has 0 saturated carbocycles. The molecule has 0 heterocycles. The maximum atomic E-state index is 13.1. The Morgan fingerprint density at radius 3 is 1.67 bits per heavy atom. The summed E-state index contributed by atoms with van der Waals surface area (Å²) in [7, 11) is 0. The molecule has 0 amide bonds. The number of hydrogen-bond donors (Lipinski definition) is 1. The molecular formula is C22H32F2O3. The van der Waals surface area contributed by atoms with Gasteiger partial charge in [-0.1, -0.05) is 63.9 Å². The summed E-state index contributed by atoms with van der Waals surface area (Å²) in [6.45, 7) is 0. The van der Waals surface area contributed by atoms with Crippen LogP contribution in [0.15, 0.2) is 18.2 Å². The maximum absolute atomic E-state index is 13.1. The second-order valence-corrected chi connectivity index (χ2v) is 7.25. The molecule has 0 bridgehead atoms. The quantitative estimate of drug-likeness (QED) is 0.345. The van der Waals surface area contributed by atoms with Gasteiger partial charge in [-0.25, -0.2) is 8.78 Å². The van der Waals surface area contributed by atoms with Gasteiger partial charge in [0.05, 0.1) is 0 Å². The van der Waals surface area contributed by atoms with Crippen molar-refractivity contribution in [1.29, 1.82) is 0 Å². The highest BCUT2D eigenvalue weighted by atomic mass is 19.2. The first-order valence-corrected chi connectivity index (χ1v) is 10.2. The van der Waals surface area contributed by atoms with Crippen molar-refractivity contribution < 1.29 is 23.5 Å². The predicted molar refractivity (Wildman–Crippen MR) is 103 cm³/mol. The average molecular weight is 382 g/mol. The molecule has 152 valence electrons. The summed E-state index contributed by atoms with van der Waals surface area (Å²) in [6.07, 6.45) is 12.8. The minimum atomic E-state index is -0.902. The third kappa shape index (κ3) is 12.3. The highest BCUT2D eigenvalue weighted by Crippen LogP contribution is 2.14. The Kier molecular flexibility index (Phi) is 12.3. The number of Topliss-reactive ketones (excluding diaryl/α,β-unsaturated/α-hetero) is 1. The minimum absolute atomic E-state index is 0.0731. The van der Waals surface area contributed by atoms with Gasteiger partial charge in [0.2, 0.25) is 0 Å². The number of ketones is 1. The number of hydrogen-bond acceptors (Lipinski definition) is 2. The summed E-state index contributed by atoms with van der Waals surface area (Å²) in [5, 5.41) is 8.55. The van der Waals surface area contributed by atoms with Crippen molar-refractivity contribution in [3.63, 3.8) is 0 Å². The van der Waals surface area contributed by atoms with Crippen LogP contribution in [-0.2, 0) is 16.0 Å². The van der Waals surface area contributed by atoms with Crippen LogP contribution in [0.3, 0.4) is 0 Å². The summed E-state index contributed by atoms with van der Waals surface area (Å²) < 4.78 is 26.0. The fourth-order valence-corrected chi connectivity index (χ4v) is 3.16. The van der Waals surface area contributed by atoms with Crippen LogP contribution < -0.4 is 0 Å². The summed E-state index contributed by atoms with van der Waals surface area (Å²) in [6, 6.07) is 3.62. The lowest BCUT2D eigenvalue weighted by atomic mass is 10.0. The first-order chi connectivity index (χ1) is 13.0. The SMILES string of the molecule is O=C(O)CCCCCCCCCCCCCC(=O)Cc1ccc(F)c(F)c1. The molecule has 1 rings (SSSR count). The molecule has 0 aliphatic heterocycles. The second kappa shape index (κ2) is 14.3. The lowest BCUT2D eigenvalue weighted by Crippen LogP contribution is -2.03. The number of unbranched alkanes of at least 4 members (excludes halogenated alkanes) is 10. The van der Waals surface area contributed by atoms with Crippen molar-refractivity contribution in [3.8, 4) is 0 Å². The van der Waals surface area contributed by atoms with Crippen molar-refractivity contribution in [2.24, 2.45) is 0 Å². The van der Waals surface area contributed by atoms with E-state index in [1.807, 2.05) is 0 Å². The van der Waals surface area contributed by atoms with Gasteiger partial charge in [-0.3, -0.25) is 9.59 Å². The fraction of sp³-hybridized carbons (Fsp3) is 0.636. The molecule has 0 saturated heterocycles. The van der Waals surface area contributed by atoms with E-state index in [1.165, 1.54) is 38.2 Å². The molecule has 3 nitrogen and oxygen atoms in total. The van der Waals surface area contributed by atoms with Gasteiger partial charge < -0.3 is 5.11 Å². The normalized spacial score (nSPS) is 10.9. The summed E-state index contributed by atoms with van der Waals surface area (Å²) in [5.74, 6) is -2.42. The number of aliphatic carboxylic acids is 1. The number of carbonyl (C=O) groups excluding carboxylic acids is 1. The van der Waals surface area contributed by atoms with Crippen LogP contribution in [0.1, 0.15) is 89.0 Å². The highest BCUT2D eigenvalue weighted by Gasteiger charge is 2.07. The Labute approximate surface area is 161 Å². The fourth-order valence-electron chi connectivity index (χ4n) is 3.16. The lowest BCUT2D eigenvalue weighted by Gasteiger charge is -2.04. The van der Waals surface area contributed by atoms with Crippen molar-refractivity contribution in [2.45, 2.75) is 89.9 Å². The zero-order valence-electron chi connectivity index (χ0n) is 16.2. The van der Waals surface area contributed by atoms with Gasteiger partial charge in [0.15, 0.2) is 11.6 Å². The third-order valence-electron chi connectivity index (χ3n) is 4.73. The predicted octanol–water partition coefficient (Wildman–Crippen LogP) is 6.23. The molecule has 27 heavy (non-hydrogen) atoms. The Morgan fingerprint density at radius 2 is 1.19 bits per heavy atom. The Bertz CT molecular complexity index is 573. The number of rotatable bonds is 16. The molecule has 5 heteroatoms. The first-order valence-electron chi connectivity index (χ1n) is 10.2. The van der Waals surface area contributed by atoms with Crippen LogP contribution in [0, 0.1) is 11.6 Å². The highest BCUT2D eigenvalue weighted by molar-refractivity contribution is 5.80. The van der Waals surface area contributed by atoms with Gasteiger partial charge in [-0.15, -0.1) is 0 Å². The molecule has 1 N–H and O–H groups in total. The van der Waals surface area contributed by atoms with Crippen LogP contribution in [-0.4, -0.2) is 16.9 Å². The van der Waals surface area contributed by atoms with Gasteiger partial charge >= 0.3 is 5.97 Å². The average Bonchev–Trinajstić information content (AvgIpc) is 2.62. The number of carbonyl (C=O) groups is 2. The topological polar surface area (TPSA) is 54.4 Å². The molecule has 0 unspecified atom stereocenters. The summed E-state index contributed by atoms with van der Waals surface area (Å²) >= 11 is 0. The molecule has 0 aromatic heterocycles. The number of halogens is 2. The number of carboxylic acids is 1. The van der Waals surface area contributed by atoms with Gasteiger partial charge in [-0.05, 0) is 30.5 Å². The van der Waals surface area contributed by atoms with E-state index < -0.39 is 17.6 Å². The maximum Gasteiger partial charge on any atom is 0.303 e. The van der Waals surface area contributed by atoms with Crippen molar-refractivity contribution in [3.05, 3.63) is 35.4 Å². The Hall–Kier alpha value is -1.78. The minimum Gasteiger partial charge on any atom is -0.481 e. The van der Waals surface area contributed by atoms with E-state index in [4.69, 9.17) is 5.11 Å². The van der Waals surface area contributed by atoms with Gasteiger partial charge in [0.1, 0.15) is 5.78 Å². The van der Waals surface area contributed by atoms with Crippen LogP contribution >= 0.6 is 0 Å². The smallest absolute Gasteiger partial charge is 0.303 e. The molecule has 1 aromatic carbocycles. The Morgan fingerprint density at radius 1 is 0.704 bits per heavy atom. The molecular weight excluding hydrogens is 350 g/mol. The standard InChI is InChI=1S/C22H32F2O3/c23-20-15-14-18(17-21(20)24)16-19(25)12-10-8-6-4-2-1-3-5-7-9-11-13-22(26)27/h14-15,17H,1-13,16H2,(H,26,27). The molecule has 0 fully saturated rings. The van der Waals surface area contributed by atoms with Crippen molar-refractivity contribution in [1.82, 2.24) is 0 Å². The van der Waals surface area contributed by atoms with Crippen LogP contribution in [0.4, 0.5) is 8.78 Å². The molecule has 0 atom stereocenters. The van der Waals surface area contributed by atoms with Crippen LogP contribution in [0.25, 0.3) is 0 Å². The molecule has 0 spiro atoms. The van der Waals surface area contributed by atoms with Crippen LogP contribution in [0.5, 0.6) is 0 Å². The Balaban J connectivity index is 1.90. The zero-order chi connectivity index (χ0) is 19.9. The van der Waals surface area contributed by atoms with E-state index in [2.05, 4.69) is 0 Å². The van der Waals surface area contributed by atoms with E-state index in [0.29, 0.717) is 12.0 Å². The number of carboxylic acid groups (broad SMARTS) is 1. The zero-order valence-corrected chi connectivity index (χ0v) is 16.2. The first kappa shape index (κ1) is 23.3. The second-order valence-electron chi connectivity index (χ2n) is 7.25. The van der Waals surface area contributed by atoms with Crippen LogP contribution in [0.2, 0.25) is 0 Å². The van der Waals surface area contributed by atoms with Gasteiger partial charge in [0.25, 0.3) is 0 Å². The van der Waals surface area contributed by atoms with E-state index in [-0.39, 0.29) is 18.6 Å². The third-order valence-corrected chi connectivity index (χ3v) is 4.73. The van der Waals surface area contributed by atoms with E-state index in [0.717, 1.165) is 50.7 Å². The summed E-state index contributed by atoms with van der Waals surface area (Å²) in [5.41, 5.74) is 0.530. The summed E-state index contributed by atoms with van der Waals surface area (Å²) in [4.78, 5) is 22.3. The van der Waals surface area contributed by atoms with E-state index in [1.54, 1.807) is 0 Å². The molecule has 0 aliphatic rings. The van der Waals surface area contributed by atoms with E-state index in [9.17, 15) is 18.4 Å². The van der Waals surface area contributed by atoms with Gasteiger partial charge in [-0.2, -0.15) is 0 Å². The van der Waals surface area contributed by atoms with E-state index >= 15 is 0 Å². The molecule has 1 aromatic rings.